The minimum Gasteiger partial charge on any atom is -0.380 e. The van der Waals surface area contributed by atoms with Gasteiger partial charge >= 0.3 is 0 Å². The van der Waals surface area contributed by atoms with Crippen LogP contribution in [-0.2, 0) is 18.2 Å². The van der Waals surface area contributed by atoms with Crippen LogP contribution in [0.15, 0.2) is 6.07 Å². The zero-order valence-corrected chi connectivity index (χ0v) is 10.3. The lowest BCUT2D eigenvalue weighted by atomic mass is 10.0. The molecule has 4 heteroatoms. The van der Waals surface area contributed by atoms with E-state index >= 15 is 0 Å². The molecule has 1 aromatic rings. The van der Waals surface area contributed by atoms with Crippen molar-refractivity contribution in [1.29, 1.82) is 0 Å². The van der Waals surface area contributed by atoms with Crippen LogP contribution in [0.4, 0.5) is 0 Å². The first kappa shape index (κ1) is 11.6. The third-order valence-electron chi connectivity index (χ3n) is 3.32. The summed E-state index contributed by atoms with van der Waals surface area (Å²) in [5.74, 6) is 0.675. The minimum absolute atomic E-state index is 0.0762. The Hall–Kier alpha value is -0.870. The van der Waals surface area contributed by atoms with Gasteiger partial charge in [-0.25, -0.2) is 0 Å². The maximum Gasteiger partial charge on any atom is 0.0754 e. The molecular weight excluding hydrogens is 202 g/mol. The molecule has 0 saturated heterocycles. The van der Waals surface area contributed by atoms with Gasteiger partial charge in [0.1, 0.15) is 0 Å². The maximum atomic E-state index is 6.21. The van der Waals surface area contributed by atoms with Gasteiger partial charge in [0.25, 0.3) is 0 Å². The summed E-state index contributed by atoms with van der Waals surface area (Å²) in [4.78, 5) is 0. The zero-order chi connectivity index (χ0) is 11.7. The Labute approximate surface area is 96.8 Å². The van der Waals surface area contributed by atoms with Crippen LogP contribution in [0.3, 0.4) is 0 Å². The van der Waals surface area contributed by atoms with Crippen LogP contribution in [0.2, 0.25) is 0 Å². The monoisotopic (exact) mass is 223 g/mol. The smallest absolute Gasteiger partial charge is 0.0754 e. The number of methoxy groups -OCH3 is 1. The molecule has 1 saturated carbocycles. The molecule has 0 aromatic carbocycles. The van der Waals surface area contributed by atoms with E-state index in [1.165, 1.54) is 18.5 Å². The van der Waals surface area contributed by atoms with E-state index in [1.54, 1.807) is 7.11 Å². The van der Waals surface area contributed by atoms with Gasteiger partial charge in [-0.05, 0) is 31.7 Å². The highest BCUT2D eigenvalue weighted by Gasteiger charge is 2.35. The highest BCUT2D eigenvalue weighted by Crippen LogP contribution is 2.35. The second kappa shape index (κ2) is 4.55. The SMILES string of the molecule is COC(C(N)Cc1cc(C)nn1C)C1CC1. The summed E-state index contributed by atoms with van der Waals surface area (Å²) in [6, 6.07) is 2.17. The normalized spacial score (nSPS) is 19.8. The first-order chi connectivity index (χ1) is 7.61. The lowest BCUT2D eigenvalue weighted by Gasteiger charge is -2.22. The second-order valence-corrected chi connectivity index (χ2v) is 4.81. The quantitative estimate of drug-likeness (QED) is 0.811. The van der Waals surface area contributed by atoms with Crippen molar-refractivity contribution in [1.82, 2.24) is 9.78 Å². The number of aromatic nitrogens is 2. The van der Waals surface area contributed by atoms with Crippen LogP contribution in [0.5, 0.6) is 0 Å². The molecule has 2 unspecified atom stereocenters. The van der Waals surface area contributed by atoms with Crippen LogP contribution < -0.4 is 5.73 Å². The lowest BCUT2D eigenvalue weighted by Crippen LogP contribution is -2.39. The summed E-state index contributed by atoms with van der Waals surface area (Å²) in [5.41, 5.74) is 8.45. The molecule has 0 aliphatic heterocycles. The van der Waals surface area contributed by atoms with Crippen LogP contribution >= 0.6 is 0 Å². The number of hydrogen-bond donors (Lipinski definition) is 1. The molecule has 2 N–H and O–H groups in total. The molecule has 0 spiro atoms. The molecule has 2 rings (SSSR count). The Morgan fingerprint density at radius 1 is 1.62 bits per heavy atom. The van der Waals surface area contributed by atoms with Crippen molar-refractivity contribution in [3.8, 4) is 0 Å². The number of hydrogen-bond acceptors (Lipinski definition) is 3. The Bertz CT molecular complexity index is 357. The van der Waals surface area contributed by atoms with Crippen molar-refractivity contribution in [3.63, 3.8) is 0 Å². The average Bonchev–Trinajstić information content (AvgIpc) is 2.97. The summed E-state index contributed by atoms with van der Waals surface area (Å²) in [6.07, 6.45) is 3.56. The Morgan fingerprint density at radius 2 is 2.31 bits per heavy atom. The van der Waals surface area contributed by atoms with Gasteiger partial charge in [-0.15, -0.1) is 0 Å². The highest BCUT2D eigenvalue weighted by molar-refractivity contribution is 5.11. The fourth-order valence-electron chi connectivity index (χ4n) is 2.35. The van der Waals surface area contributed by atoms with Gasteiger partial charge in [-0.3, -0.25) is 4.68 Å². The van der Waals surface area contributed by atoms with Gasteiger partial charge in [0.05, 0.1) is 11.8 Å². The summed E-state index contributed by atoms with van der Waals surface area (Å²) < 4.78 is 7.41. The topological polar surface area (TPSA) is 53.1 Å². The third kappa shape index (κ3) is 2.44. The average molecular weight is 223 g/mol. The summed E-state index contributed by atoms with van der Waals surface area (Å²) in [6.45, 7) is 2.00. The third-order valence-corrected chi connectivity index (χ3v) is 3.32. The van der Waals surface area contributed by atoms with Crippen molar-refractivity contribution < 1.29 is 4.74 Å². The predicted octanol–water partition coefficient (Wildman–Crippen LogP) is 1.02. The number of aryl methyl sites for hydroxylation is 2. The molecule has 1 heterocycles. The van der Waals surface area contributed by atoms with E-state index in [1.807, 2.05) is 18.7 Å². The largest absolute Gasteiger partial charge is 0.380 e. The van der Waals surface area contributed by atoms with Gasteiger partial charge < -0.3 is 10.5 Å². The molecule has 2 atom stereocenters. The van der Waals surface area contributed by atoms with Gasteiger partial charge in [-0.2, -0.15) is 5.10 Å². The lowest BCUT2D eigenvalue weighted by molar-refractivity contribution is 0.0622. The molecule has 1 fully saturated rings. The number of ether oxygens (including phenoxy) is 1. The first-order valence-corrected chi connectivity index (χ1v) is 5.89. The molecule has 0 bridgehead atoms. The van der Waals surface area contributed by atoms with Crippen LogP contribution in [0, 0.1) is 12.8 Å². The molecular formula is C12H21N3O. The van der Waals surface area contributed by atoms with Crippen molar-refractivity contribution in [3.05, 3.63) is 17.5 Å². The molecule has 0 radical (unpaired) electrons. The van der Waals surface area contributed by atoms with E-state index in [-0.39, 0.29) is 12.1 Å². The molecule has 16 heavy (non-hydrogen) atoms. The first-order valence-electron chi connectivity index (χ1n) is 5.89. The van der Waals surface area contributed by atoms with Crippen molar-refractivity contribution in [2.24, 2.45) is 18.7 Å². The summed E-state index contributed by atoms with van der Waals surface area (Å²) in [5, 5.41) is 4.33. The molecule has 1 aliphatic carbocycles. The molecule has 1 aromatic heterocycles. The van der Waals surface area contributed by atoms with Crippen LogP contribution in [0.25, 0.3) is 0 Å². The molecule has 1 aliphatic rings. The van der Waals surface area contributed by atoms with E-state index in [2.05, 4.69) is 11.2 Å². The van der Waals surface area contributed by atoms with Gasteiger partial charge in [0.2, 0.25) is 0 Å². The van der Waals surface area contributed by atoms with Crippen molar-refractivity contribution in [2.45, 2.75) is 38.3 Å². The minimum atomic E-state index is 0.0762. The van der Waals surface area contributed by atoms with E-state index < -0.39 is 0 Å². The number of nitrogens with zero attached hydrogens (tertiary/aromatic N) is 2. The van der Waals surface area contributed by atoms with Gasteiger partial charge in [0, 0.05) is 32.3 Å². The maximum absolute atomic E-state index is 6.21. The zero-order valence-electron chi connectivity index (χ0n) is 10.3. The van der Waals surface area contributed by atoms with Crippen molar-refractivity contribution >= 4 is 0 Å². The highest BCUT2D eigenvalue weighted by atomic mass is 16.5. The van der Waals surface area contributed by atoms with E-state index in [9.17, 15) is 0 Å². The van der Waals surface area contributed by atoms with Crippen LogP contribution in [0.1, 0.15) is 24.2 Å². The van der Waals surface area contributed by atoms with E-state index in [4.69, 9.17) is 10.5 Å². The Kier molecular flexibility index (Phi) is 3.30. The standard InChI is InChI=1S/C12H21N3O/c1-8-6-10(15(2)14-8)7-11(13)12(16-3)9-4-5-9/h6,9,11-12H,4-5,7,13H2,1-3H3. The van der Waals surface area contributed by atoms with Gasteiger partial charge in [0.15, 0.2) is 0 Å². The number of nitrogens with two attached hydrogens (primary N) is 1. The fourth-order valence-corrected chi connectivity index (χ4v) is 2.35. The van der Waals surface area contributed by atoms with Crippen molar-refractivity contribution in [2.75, 3.05) is 7.11 Å². The van der Waals surface area contributed by atoms with Gasteiger partial charge in [-0.1, -0.05) is 0 Å². The molecule has 0 amide bonds. The number of rotatable bonds is 5. The van der Waals surface area contributed by atoms with E-state index in [0.29, 0.717) is 5.92 Å². The predicted molar refractivity (Wildman–Crippen MR) is 63.1 cm³/mol. The molecule has 90 valence electrons. The fraction of sp³-hybridized carbons (Fsp3) is 0.750. The Morgan fingerprint density at radius 3 is 2.75 bits per heavy atom. The summed E-state index contributed by atoms with van der Waals surface area (Å²) >= 11 is 0. The molecule has 4 nitrogen and oxygen atoms in total. The summed E-state index contributed by atoms with van der Waals surface area (Å²) in [7, 11) is 3.73. The van der Waals surface area contributed by atoms with Crippen LogP contribution in [-0.4, -0.2) is 29.0 Å². The second-order valence-electron chi connectivity index (χ2n) is 4.81. The Balaban J connectivity index is 2.00. The van der Waals surface area contributed by atoms with E-state index in [0.717, 1.165) is 12.1 Å².